The van der Waals surface area contributed by atoms with Crippen LogP contribution in [0.25, 0.3) is 66.1 Å². The molecule has 0 saturated heterocycles. The molecule has 0 bridgehead atoms. The molecule has 0 unspecified atom stereocenters. The number of rotatable bonds is 6. The van der Waals surface area contributed by atoms with E-state index in [4.69, 9.17) is 4.42 Å². The number of hydrogen-bond acceptors (Lipinski definition) is 2. The summed E-state index contributed by atoms with van der Waals surface area (Å²) in [7, 11) is 0. The average molecular weight is 655 g/mol. The van der Waals surface area contributed by atoms with Crippen molar-refractivity contribution in [3.8, 4) is 16.8 Å². The van der Waals surface area contributed by atoms with E-state index in [1.165, 1.54) is 49.8 Å². The predicted molar refractivity (Wildman–Crippen MR) is 215 cm³/mol. The summed E-state index contributed by atoms with van der Waals surface area (Å²) >= 11 is 0. The fraction of sp³-hybridized carbons (Fsp3) is 0.0417. The number of aromatic nitrogens is 1. The minimum absolute atomic E-state index is 0.880. The molecule has 10 rings (SSSR count). The lowest BCUT2D eigenvalue weighted by molar-refractivity contribution is 0.669. The molecular formula is C48H34N2O. The number of allylic oxidation sites excluding steroid dienone is 4. The van der Waals surface area contributed by atoms with Crippen molar-refractivity contribution in [2.24, 2.45) is 0 Å². The molecular weight excluding hydrogens is 621 g/mol. The van der Waals surface area contributed by atoms with Crippen LogP contribution in [0, 0.1) is 0 Å². The summed E-state index contributed by atoms with van der Waals surface area (Å²) < 4.78 is 8.80. The number of anilines is 3. The summed E-state index contributed by atoms with van der Waals surface area (Å²) in [5, 5.41) is 4.81. The number of fused-ring (bicyclic) bond motifs is 6. The normalized spacial score (nSPS) is 13.0. The fourth-order valence-electron chi connectivity index (χ4n) is 7.94. The summed E-state index contributed by atoms with van der Waals surface area (Å²) in [5.74, 6) is 0. The third kappa shape index (κ3) is 4.89. The van der Waals surface area contributed by atoms with Crippen molar-refractivity contribution >= 4 is 66.4 Å². The van der Waals surface area contributed by atoms with E-state index in [-0.39, 0.29) is 0 Å². The molecule has 0 aliphatic heterocycles. The second kappa shape index (κ2) is 12.1. The van der Waals surface area contributed by atoms with Gasteiger partial charge in [0.05, 0.1) is 16.7 Å². The average Bonchev–Trinajstić information content (AvgIpc) is 3.75. The van der Waals surface area contributed by atoms with Crippen molar-refractivity contribution in [1.82, 2.24) is 4.57 Å². The van der Waals surface area contributed by atoms with Crippen LogP contribution in [0.5, 0.6) is 0 Å². The Bertz CT molecular complexity index is 2800. The first-order valence-electron chi connectivity index (χ1n) is 17.7. The van der Waals surface area contributed by atoms with E-state index in [9.17, 15) is 0 Å². The Morgan fingerprint density at radius 1 is 0.510 bits per heavy atom. The lowest BCUT2D eigenvalue weighted by Crippen LogP contribution is -2.09. The molecule has 0 amide bonds. The molecule has 7 aromatic carbocycles. The first kappa shape index (κ1) is 29.3. The van der Waals surface area contributed by atoms with Crippen LogP contribution in [0.1, 0.15) is 18.4 Å². The van der Waals surface area contributed by atoms with Crippen molar-refractivity contribution in [3.05, 3.63) is 188 Å². The first-order chi connectivity index (χ1) is 25.3. The Morgan fingerprint density at radius 3 is 2.06 bits per heavy atom. The highest BCUT2D eigenvalue weighted by Gasteiger charge is 2.20. The molecule has 0 fully saturated rings. The summed E-state index contributed by atoms with van der Waals surface area (Å²) in [5.41, 5.74) is 13.7. The SMILES string of the molecule is C1=CCCC(c2cccc3c4ccccc4n(-c4ccccc4-c4ccc(N(c5ccccc5)c5ccc6c(c5)oc5ccccc56)cc4)c23)=C1. The van der Waals surface area contributed by atoms with Gasteiger partial charge in [0.25, 0.3) is 0 Å². The largest absolute Gasteiger partial charge is 0.456 e. The molecule has 3 heteroatoms. The van der Waals surface area contributed by atoms with Crippen LogP contribution in [-0.4, -0.2) is 4.57 Å². The van der Waals surface area contributed by atoms with Crippen molar-refractivity contribution in [2.75, 3.05) is 4.90 Å². The van der Waals surface area contributed by atoms with Crippen LogP contribution >= 0.6 is 0 Å². The topological polar surface area (TPSA) is 21.3 Å². The molecule has 0 spiro atoms. The molecule has 1 aliphatic carbocycles. The molecule has 242 valence electrons. The van der Waals surface area contributed by atoms with E-state index in [0.29, 0.717) is 0 Å². The zero-order valence-electron chi connectivity index (χ0n) is 28.0. The molecule has 2 aromatic heterocycles. The van der Waals surface area contributed by atoms with Gasteiger partial charge in [-0.05, 0) is 78.6 Å². The van der Waals surface area contributed by atoms with Gasteiger partial charge in [-0.2, -0.15) is 0 Å². The van der Waals surface area contributed by atoms with Crippen LogP contribution in [0.2, 0.25) is 0 Å². The van der Waals surface area contributed by atoms with Gasteiger partial charge in [0.2, 0.25) is 0 Å². The van der Waals surface area contributed by atoms with E-state index >= 15 is 0 Å². The van der Waals surface area contributed by atoms with Gasteiger partial charge in [-0.25, -0.2) is 0 Å². The third-order valence-electron chi connectivity index (χ3n) is 10.3. The van der Waals surface area contributed by atoms with Crippen LogP contribution < -0.4 is 4.90 Å². The minimum atomic E-state index is 0.880. The van der Waals surface area contributed by atoms with Gasteiger partial charge in [-0.15, -0.1) is 0 Å². The smallest absolute Gasteiger partial charge is 0.137 e. The van der Waals surface area contributed by atoms with E-state index in [1.54, 1.807) is 0 Å². The van der Waals surface area contributed by atoms with Crippen LogP contribution in [0.4, 0.5) is 17.1 Å². The monoisotopic (exact) mass is 654 g/mol. The third-order valence-corrected chi connectivity index (χ3v) is 10.3. The molecule has 0 radical (unpaired) electrons. The molecule has 0 atom stereocenters. The summed E-state index contributed by atoms with van der Waals surface area (Å²) in [4.78, 5) is 2.30. The van der Waals surface area contributed by atoms with E-state index in [1.807, 2.05) is 12.1 Å². The van der Waals surface area contributed by atoms with Gasteiger partial charge in [0.1, 0.15) is 11.2 Å². The number of furan rings is 1. The lowest BCUT2D eigenvalue weighted by atomic mass is 9.95. The molecule has 3 nitrogen and oxygen atoms in total. The molecule has 9 aromatic rings. The lowest BCUT2D eigenvalue weighted by Gasteiger charge is -2.25. The Hall–Kier alpha value is -6.58. The van der Waals surface area contributed by atoms with Gasteiger partial charge in [-0.1, -0.05) is 121 Å². The van der Waals surface area contributed by atoms with Gasteiger partial charge in [0, 0.05) is 55.8 Å². The van der Waals surface area contributed by atoms with Gasteiger partial charge < -0.3 is 13.9 Å². The highest BCUT2D eigenvalue weighted by Crippen LogP contribution is 2.42. The van der Waals surface area contributed by atoms with Crippen LogP contribution in [0.3, 0.4) is 0 Å². The van der Waals surface area contributed by atoms with E-state index < -0.39 is 0 Å². The van der Waals surface area contributed by atoms with Crippen LogP contribution in [-0.2, 0) is 0 Å². The number of benzene rings is 7. The van der Waals surface area contributed by atoms with E-state index in [0.717, 1.165) is 51.8 Å². The van der Waals surface area contributed by atoms with Crippen molar-refractivity contribution in [1.29, 1.82) is 0 Å². The second-order valence-electron chi connectivity index (χ2n) is 13.2. The maximum absolute atomic E-state index is 6.31. The van der Waals surface area contributed by atoms with Gasteiger partial charge in [-0.3, -0.25) is 0 Å². The summed E-state index contributed by atoms with van der Waals surface area (Å²) in [6, 6.07) is 58.7. The number of para-hydroxylation sites is 5. The molecule has 2 heterocycles. The fourth-order valence-corrected chi connectivity index (χ4v) is 7.94. The quantitative estimate of drug-likeness (QED) is 0.178. The summed E-state index contributed by atoms with van der Waals surface area (Å²) in [6.45, 7) is 0. The number of nitrogens with zero attached hydrogens (tertiary/aromatic N) is 2. The molecule has 51 heavy (non-hydrogen) atoms. The Labute approximate surface area is 296 Å². The zero-order chi connectivity index (χ0) is 33.7. The molecule has 1 aliphatic rings. The maximum atomic E-state index is 6.31. The maximum Gasteiger partial charge on any atom is 0.137 e. The minimum Gasteiger partial charge on any atom is -0.456 e. The Balaban J connectivity index is 1.12. The van der Waals surface area contributed by atoms with Gasteiger partial charge >= 0.3 is 0 Å². The summed E-state index contributed by atoms with van der Waals surface area (Å²) in [6.07, 6.45) is 8.86. The standard InChI is InChI=1S/C48H34N2O/c1-3-14-33(15-4-1)39-21-13-22-43-40-19-8-11-24-45(40)50(48(39)43)44-23-10-7-18-38(44)34-26-28-36(29-27-34)49(35-16-5-2-6-17-35)37-30-31-42-41-20-9-12-25-46(41)51-47(42)32-37/h1-3,5-14,16-32H,4,15H2. The Kier molecular flexibility index (Phi) is 6.95. The van der Waals surface area contributed by atoms with Gasteiger partial charge in [0.15, 0.2) is 0 Å². The highest BCUT2D eigenvalue weighted by molar-refractivity contribution is 6.13. The molecule has 0 saturated carbocycles. The predicted octanol–water partition coefficient (Wildman–Crippen LogP) is 13.6. The highest BCUT2D eigenvalue weighted by atomic mass is 16.3. The molecule has 0 N–H and O–H groups in total. The van der Waals surface area contributed by atoms with Crippen LogP contribution in [0.15, 0.2) is 186 Å². The van der Waals surface area contributed by atoms with Crippen molar-refractivity contribution in [2.45, 2.75) is 12.8 Å². The Morgan fingerprint density at radius 2 is 1.20 bits per heavy atom. The second-order valence-corrected chi connectivity index (χ2v) is 13.2. The van der Waals surface area contributed by atoms with Crippen molar-refractivity contribution in [3.63, 3.8) is 0 Å². The van der Waals surface area contributed by atoms with E-state index in [2.05, 4.69) is 179 Å². The van der Waals surface area contributed by atoms with Crippen molar-refractivity contribution < 1.29 is 4.42 Å². The zero-order valence-corrected chi connectivity index (χ0v) is 28.0. The first-order valence-corrected chi connectivity index (χ1v) is 17.7. The number of hydrogen-bond donors (Lipinski definition) is 0.